The minimum absolute atomic E-state index is 0.0973. The van der Waals surface area contributed by atoms with Crippen LogP contribution in [0.25, 0.3) is 0 Å². The van der Waals surface area contributed by atoms with E-state index in [1.165, 1.54) is 29.8 Å². The fourth-order valence-corrected chi connectivity index (χ4v) is 3.66. The topological polar surface area (TPSA) is 83.9 Å². The second-order valence-corrected chi connectivity index (χ2v) is 6.12. The zero-order chi connectivity index (χ0) is 15.6. The molecule has 114 valence electrons. The number of hydrogen-bond donors (Lipinski definition) is 1. The van der Waals surface area contributed by atoms with E-state index in [1.54, 1.807) is 6.08 Å². The van der Waals surface area contributed by atoms with Gasteiger partial charge in [0.15, 0.2) is 0 Å². The lowest BCUT2D eigenvalue weighted by atomic mass is 9.84. The number of carbonyl (C=O) groups excluding carboxylic acids is 2. The number of carboxylic acids is 1. The van der Waals surface area contributed by atoms with Crippen LogP contribution in [0.1, 0.15) is 19.8 Å². The standard InChI is InChI=1S/C14H17NO5S/c1-3-21-10-7-9-8(5-4-6-11(16)20-2)13(17)15(9)12(10)14(18)19/h4,6,8-9H,3,5,7H2,1-2H3,(H,18,19). The van der Waals surface area contributed by atoms with Crippen molar-refractivity contribution in [3.8, 4) is 0 Å². The Bertz CT molecular complexity index is 539. The summed E-state index contributed by atoms with van der Waals surface area (Å²) in [4.78, 5) is 36.6. The van der Waals surface area contributed by atoms with Gasteiger partial charge in [0, 0.05) is 17.4 Å². The summed E-state index contributed by atoms with van der Waals surface area (Å²) in [5, 5.41) is 9.28. The minimum atomic E-state index is -1.05. The van der Waals surface area contributed by atoms with E-state index in [1.807, 2.05) is 6.92 Å². The largest absolute Gasteiger partial charge is 0.477 e. The molecule has 2 aliphatic heterocycles. The van der Waals surface area contributed by atoms with Gasteiger partial charge in [-0.2, -0.15) is 0 Å². The molecule has 21 heavy (non-hydrogen) atoms. The Kier molecular flexibility index (Phi) is 4.72. The molecule has 2 aliphatic rings. The molecule has 0 aliphatic carbocycles. The van der Waals surface area contributed by atoms with E-state index in [2.05, 4.69) is 4.74 Å². The maximum Gasteiger partial charge on any atom is 0.353 e. The van der Waals surface area contributed by atoms with Crippen LogP contribution in [-0.2, 0) is 19.1 Å². The van der Waals surface area contributed by atoms with Gasteiger partial charge in [-0.1, -0.05) is 13.0 Å². The highest BCUT2D eigenvalue weighted by molar-refractivity contribution is 8.03. The summed E-state index contributed by atoms with van der Waals surface area (Å²) in [7, 11) is 1.29. The van der Waals surface area contributed by atoms with E-state index < -0.39 is 11.9 Å². The summed E-state index contributed by atoms with van der Waals surface area (Å²) in [6.45, 7) is 1.95. The van der Waals surface area contributed by atoms with Crippen LogP contribution < -0.4 is 0 Å². The number of β-lactam (4-membered cyclic amide) rings is 1. The summed E-state index contributed by atoms with van der Waals surface area (Å²) in [6.07, 6.45) is 3.91. The van der Waals surface area contributed by atoms with Crippen molar-refractivity contribution in [2.75, 3.05) is 12.9 Å². The first kappa shape index (κ1) is 15.6. The summed E-state index contributed by atoms with van der Waals surface area (Å²) in [6, 6.07) is -0.0973. The zero-order valence-corrected chi connectivity index (χ0v) is 12.7. The number of nitrogens with zero attached hydrogens (tertiary/aromatic N) is 1. The van der Waals surface area contributed by atoms with Crippen molar-refractivity contribution in [2.45, 2.75) is 25.8 Å². The van der Waals surface area contributed by atoms with Crippen molar-refractivity contribution < 1.29 is 24.2 Å². The lowest BCUT2D eigenvalue weighted by Crippen LogP contribution is -2.58. The second-order valence-electron chi connectivity index (χ2n) is 4.76. The van der Waals surface area contributed by atoms with Gasteiger partial charge >= 0.3 is 11.9 Å². The normalized spacial score (nSPS) is 24.3. The van der Waals surface area contributed by atoms with Crippen LogP contribution in [0.5, 0.6) is 0 Å². The number of esters is 1. The molecule has 2 heterocycles. The van der Waals surface area contributed by atoms with Crippen molar-refractivity contribution in [3.63, 3.8) is 0 Å². The molecule has 7 heteroatoms. The molecule has 2 rings (SSSR count). The summed E-state index contributed by atoms with van der Waals surface area (Å²) < 4.78 is 4.48. The molecule has 1 fully saturated rings. The van der Waals surface area contributed by atoms with Gasteiger partial charge in [0.1, 0.15) is 5.70 Å². The molecule has 0 radical (unpaired) electrons. The quantitative estimate of drug-likeness (QED) is 0.453. The SMILES string of the molecule is CCSC1=C(C(=O)O)N2C(=O)C(CC=CC(=O)OC)C2C1. The van der Waals surface area contributed by atoms with E-state index in [0.717, 1.165) is 10.7 Å². The third kappa shape index (κ3) is 2.83. The molecule has 2 unspecified atom stereocenters. The number of aliphatic carboxylic acids is 1. The average Bonchev–Trinajstić information content (AvgIpc) is 2.79. The van der Waals surface area contributed by atoms with Crippen LogP contribution in [0.4, 0.5) is 0 Å². The van der Waals surface area contributed by atoms with Crippen molar-refractivity contribution >= 4 is 29.6 Å². The van der Waals surface area contributed by atoms with Gasteiger partial charge in [-0.05, 0) is 12.2 Å². The average molecular weight is 311 g/mol. The van der Waals surface area contributed by atoms with Crippen LogP contribution >= 0.6 is 11.8 Å². The van der Waals surface area contributed by atoms with Gasteiger partial charge in [0.05, 0.1) is 19.1 Å². The molecular weight excluding hydrogens is 294 g/mol. The van der Waals surface area contributed by atoms with Crippen LogP contribution in [0, 0.1) is 5.92 Å². The Hall–Kier alpha value is -1.76. The minimum Gasteiger partial charge on any atom is -0.477 e. The highest BCUT2D eigenvalue weighted by atomic mass is 32.2. The van der Waals surface area contributed by atoms with Crippen molar-refractivity contribution in [1.82, 2.24) is 4.90 Å². The predicted octanol–water partition coefficient (Wildman–Crippen LogP) is 1.39. The number of allylic oxidation sites excluding steroid dienone is 1. The third-order valence-corrected chi connectivity index (χ3v) is 4.61. The van der Waals surface area contributed by atoms with E-state index in [4.69, 9.17) is 0 Å². The highest BCUT2D eigenvalue weighted by Gasteiger charge is 2.54. The Labute approximate surface area is 126 Å². The molecule has 2 atom stereocenters. The van der Waals surface area contributed by atoms with Crippen molar-refractivity contribution in [3.05, 3.63) is 22.8 Å². The lowest BCUT2D eigenvalue weighted by molar-refractivity contribution is -0.154. The maximum absolute atomic E-state index is 12.1. The number of amides is 1. The molecule has 6 nitrogen and oxygen atoms in total. The van der Waals surface area contributed by atoms with Crippen molar-refractivity contribution in [1.29, 1.82) is 0 Å². The number of carbonyl (C=O) groups is 3. The van der Waals surface area contributed by atoms with Gasteiger partial charge < -0.3 is 14.7 Å². The van der Waals surface area contributed by atoms with E-state index in [0.29, 0.717) is 12.8 Å². The number of thioether (sulfide) groups is 1. The van der Waals surface area contributed by atoms with Crippen molar-refractivity contribution in [2.24, 2.45) is 5.92 Å². The number of rotatable bonds is 6. The lowest BCUT2D eigenvalue weighted by Gasteiger charge is -2.42. The number of methoxy groups -OCH3 is 1. The van der Waals surface area contributed by atoms with Crippen LogP contribution in [0.2, 0.25) is 0 Å². The molecule has 0 saturated carbocycles. The van der Waals surface area contributed by atoms with Crippen LogP contribution in [0.15, 0.2) is 22.8 Å². The first-order valence-electron chi connectivity index (χ1n) is 6.68. The second kappa shape index (κ2) is 6.34. The maximum atomic E-state index is 12.1. The van der Waals surface area contributed by atoms with Gasteiger partial charge in [0.25, 0.3) is 0 Å². The molecule has 0 aromatic rings. The molecule has 1 N–H and O–H groups in total. The Morgan fingerprint density at radius 3 is 2.81 bits per heavy atom. The first-order valence-corrected chi connectivity index (χ1v) is 7.66. The number of fused-ring (bicyclic) bond motifs is 1. The van der Waals surface area contributed by atoms with Gasteiger partial charge in [0.2, 0.25) is 5.91 Å². The van der Waals surface area contributed by atoms with Gasteiger partial charge in [-0.25, -0.2) is 9.59 Å². The number of ether oxygens (including phenoxy) is 1. The van der Waals surface area contributed by atoms with Gasteiger partial charge in [-0.15, -0.1) is 11.8 Å². The Morgan fingerprint density at radius 2 is 2.24 bits per heavy atom. The predicted molar refractivity (Wildman–Crippen MR) is 77.3 cm³/mol. The fraction of sp³-hybridized carbons (Fsp3) is 0.500. The molecule has 0 aromatic carbocycles. The molecule has 0 bridgehead atoms. The van der Waals surface area contributed by atoms with Gasteiger partial charge in [-0.3, -0.25) is 4.79 Å². The van der Waals surface area contributed by atoms with E-state index in [9.17, 15) is 19.5 Å². The number of carboxylic acid groups (broad SMARTS) is 1. The summed E-state index contributed by atoms with van der Waals surface area (Å²) in [5.74, 6) is -1.18. The molecular formula is C14H17NO5S. The van der Waals surface area contributed by atoms with E-state index in [-0.39, 0.29) is 23.6 Å². The van der Waals surface area contributed by atoms with E-state index >= 15 is 0 Å². The Balaban J connectivity index is 2.06. The van der Waals surface area contributed by atoms with Crippen LogP contribution in [0.3, 0.4) is 0 Å². The third-order valence-electron chi connectivity index (χ3n) is 3.62. The molecule has 0 aromatic heterocycles. The smallest absolute Gasteiger partial charge is 0.353 e. The fourth-order valence-electron chi connectivity index (χ4n) is 2.70. The number of hydrogen-bond acceptors (Lipinski definition) is 5. The highest BCUT2D eigenvalue weighted by Crippen LogP contribution is 2.46. The summed E-state index contributed by atoms with van der Waals surface area (Å²) in [5.41, 5.74) is 0.130. The molecule has 1 amide bonds. The summed E-state index contributed by atoms with van der Waals surface area (Å²) >= 11 is 1.47. The molecule has 1 saturated heterocycles. The monoisotopic (exact) mass is 311 g/mol. The zero-order valence-electron chi connectivity index (χ0n) is 11.9. The molecule has 0 spiro atoms. The first-order chi connectivity index (χ1) is 10.0. The Morgan fingerprint density at radius 1 is 1.52 bits per heavy atom. The van der Waals surface area contributed by atoms with Crippen LogP contribution in [-0.4, -0.2) is 46.8 Å².